The van der Waals surface area contributed by atoms with E-state index in [1.165, 1.54) is 18.3 Å². The van der Waals surface area contributed by atoms with Gasteiger partial charge >= 0.3 is 6.18 Å². The minimum Gasteiger partial charge on any atom is -0.254 e. The Hall–Kier alpha value is -2.09. The summed E-state index contributed by atoms with van der Waals surface area (Å²) >= 11 is 0. The molecule has 0 N–H and O–H groups in total. The van der Waals surface area contributed by atoms with Crippen LogP contribution in [0.2, 0.25) is 0 Å². The largest absolute Gasteiger partial charge is 0.418 e. The summed E-state index contributed by atoms with van der Waals surface area (Å²) in [6, 6.07) is 5.74. The summed E-state index contributed by atoms with van der Waals surface area (Å²) in [6.07, 6.45) is -3.26. The van der Waals surface area contributed by atoms with Crippen LogP contribution in [0.1, 0.15) is 16.7 Å². The summed E-state index contributed by atoms with van der Waals surface area (Å²) in [5, 5.41) is 9.15. The SMILES string of the molecule is Cc1c(C#N)cnc2c(C(F)(F)F)cccc12. The molecule has 1 heterocycles. The van der Waals surface area contributed by atoms with Gasteiger partial charge in [0.1, 0.15) is 6.07 Å². The predicted octanol–water partition coefficient (Wildman–Crippen LogP) is 3.43. The van der Waals surface area contributed by atoms with E-state index in [1.54, 1.807) is 6.92 Å². The Morgan fingerprint density at radius 3 is 2.59 bits per heavy atom. The number of hydrogen-bond acceptors (Lipinski definition) is 2. The van der Waals surface area contributed by atoms with Crippen LogP contribution in [0.3, 0.4) is 0 Å². The number of pyridine rings is 1. The fraction of sp³-hybridized carbons (Fsp3) is 0.167. The van der Waals surface area contributed by atoms with Crippen molar-refractivity contribution in [2.45, 2.75) is 13.1 Å². The number of hydrogen-bond donors (Lipinski definition) is 0. The first kappa shape index (κ1) is 11.4. The van der Waals surface area contributed by atoms with Crippen LogP contribution in [0.5, 0.6) is 0 Å². The van der Waals surface area contributed by atoms with Crippen LogP contribution in [0, 0.1) is 18.3 Å². The van der Waals surface area contributed by atoms with Gasteiger partial charge in [-0.05, 0) is 18.6 Å². The van der Waals surface area contributed by atoms with E-state index in [0.29, 0.717) is 10.9 Å². The molecule has 17 heavy (non-hydrogen) atoms. The highest BCUT2D eigenvalue weighted by atomic mass is 19.4. The highest BCUT2D eigenvalue weighted by molar-refractivity contribution is 5.86. The summed E-state index contributed by atoms with van der Waals surface area (Å²) in [7, 11) is 0. The average Bonchev–Trinajstić information content (AvgIpc) is 2.28. The van der Waals surface area contributed by atoms with E-state index in [0.717, 1.165) is 6.07 Å². The molecule has 2 rings (SSSR count). The van der Waals surface area contributed by atoms with Gasteiger partial charge in [0.25, 0.3) is 0 Å². The molecule has 0 radical (unpaired) electrons. The molecular formula is C12H7F3N2. The highest BCUT2D eigenvalue weighted by Crippen LogP contribution is 2.34. The zero-order chi connectivity index (χ0) is 12.6. The molecule has 0 aliphatic heterocycles. The van der Waals surface area contributed by atoms with Crippen molar-refractivity contribution in [1.29, 1.82) is 5.26 Å². The Kier molecular flexibility index (Phi) is 2.50. The topological polar surface area (TPSA) is 36.7 Å². The highest BCUT2D eigenvalue weighted by Gasteiger charge is 2.33. The molecule has 0 aliphatic carbocycles. The first-order valence-corrected chi connectivity index (χ1v) is 4.81. The smallest absolute Gasteiger partial charge is 0.254 e. The van der Waals surface area contributed by atoms with Gasteiger partial charge in [-0.15, -0.1) is 0 Å². The van der Waals surface area contributed by atoms with Crippen LogP contribution >= 0.6 is 0 Å². The molecule has 0 saturated carbocycles. The molecule has 0 saturated heterocycles. The van der Waals surface area contributed by atoms with E-state index in [2.05, 4.69) is 4.98 Å². The van der Waals surface area contributed by atoms with Gasteiger partial charge in [0, 0.05) is 11.6 Å². The fourth-order valence-electron chi connectivity index (χ4n) is 1.70. The summed E-state index contributed by atoms with van der Waals surface area (Å²) in [5.41, 5.74) is -0.0838. The number of aryl methyl sites for hydroxylation is 1. The van der Waals surface area contributed by atoms with Crippen molar-refractivity contribution in [3.8, 4) is 6.07 Å². The fourth-order valence-corrected chi connectivity index (χ4v) is 1.70. The lowest BCUT2D eigenvalue weighted by molar-refractivity contribution is -0.136. The third kappa shape index (κ3) is 1.82. The van der Waals surface area contributed by atoms with Crippen molar-refractivity contribution < 1.29 is 13.2 Å². The number of halogens is 3. The molecule has 0 spiro atoms. The molecule has 0 fully saturated rings. The Labute approximate surface area is 95.3 Å². The van der Waals surface area contributed by atoms with Crippen LogP contribution in [-0.2, 0) is 6.18 Å². The van der Waals surface area contributed by atoms with Gasteiger partial charge in [-0.1, -0.05) is 12.1 Å². The second-order valence-corrected chi connectivity index (χ2v) is 3.61. The lowest BCUT2D eigenvalue weighted by Gasteiger charge is -2.11. The van der Waals surface area contributed by atoms with Crippen molar-refractivity contribution in [2.24, 2.45) is 0 Å². The van der Waals surface area contributed by atoms with Crippen molar-refractivity contribution in [3.05, 3.63) is 41.1 Å². The number of benzene rings is 1. The molecule has 0 unspecified atom stereocenters. The number of nitrogens with zero attached hydrogens (tertiary/aromatic N) is 2. The molecule has 0 atom stereocenters. The van der Waals surface area contributed by atoms with Crippen LogP contribution in [-0.4, -0.2) is 4.98 Å². The Balaban J connectivity index is 2.86. The minimum absolute atomic E-state index is 0.114. The van der Waals surface area contributed by atoms with Crippen LogP contribution in [0.15, 0.2) is 24.4 Å². The van der Waals surface area contributed by atoms with Crippen LogP contribution in [0.4, 0.5) is 13.2 Å². The normalized spacial score (nSPS) is 11.5. The number of fused-ring (bicyclic) bond motifs is 1. The van der Waals surface area contributed by atoms with E-state index in [4.69, 9.17) is 5.26 Å². The number of alkyl halides is 3. The molecule has 1 aromatic carbocycles. The molecule has 0 bridgehead atoms. The van der Waals surface area contributed by atoms with Crippen molar-refractivity contribution in [3.63, 3.8) is 0 Å². The third-order valence-corrected chi connectivity index (χ3v) is 2.59. The maximum atomic E-state index is 12.7. The minimum atomic E-state index is -4.44. The molecule has 2 nitrogen and oxygen atoms in total. The lowest BCUT2D eigenvalue weighted by atomic mass is 10.0. The standard InChI is InChI=1S/C12H7F3N2/c1-7-8(5-16)6-17-11-9(7)3-2-4-10(11)12(13,14)15/h2-4,6H,1H3. The summed E-state index contributed by atoms with van der Waals surface area (Å²) in [6.45, 7) is 1.61. The van der Waals surface area contributed by atoms with Crippen molar-refractivity contribution in [2.75, 3.05) is 0 Å². The van der Waals surface area contributed by atoms with Gasteiger partial charge in [-0.2, -0.15) is 18.4 Å². The number of rotatable bonds is 0. The van der Waals surface area contributed by atoms with Crippen LogP contribution in [0.25, 0.3) is 10.9 Å². The molecule has 86 valence electrons. The number of nitriles is 1. The average molecular weight is 236 g/mol. The van der Waals surface area contributed by atoms with Crippen LogP contribution < -0.4 is 0 Å². The maximum Gasteiger partial charge on any atom is 0.418 e. The molecular weight excluding hydrogens is 229 g/mol. The Morgan fingerprint density at radius 1 is 1.29 bits per heavy atom. The molecule has 0 amide bonds. The van der Waals surface area contributed by atoms with Gasteiger partial charge in [-0.25, -0.2) is 0 Å². The molecule has 1 aromatic heterocycles. The van der Waals surface area contributed by atoms with Crippen molar-refractivity contribution in [1.82, 2.24) is 4.98 Å². The Bertz CT molecular complexity index is 624. The first-order valence-electron chi connectivity index (χ1n) is 4.81. The summed E-state index contributed by atoms with van der Waals surface area (Å²) in [4.78, 5) is 3.74. The quantitative estimate of drug-likeness (QED) is 0.702. The Morgan fingerprint density at radius 2 is 2.00 bits per heavy atom. The summed E-state index contributed by atoms with van der Waals surface area (Å²) < 4.78 is 38.2. The first-order chi connectivity index (χ1) is 7.95. The molecule has 0 aliphatic rings. The van der Waals surface area contributed by atoms with Gasteiger partial charge in [-0.3, -0.25) is 4.98 Å². The predicted molar refractivity (Wildman–Crippen MR) is 56.2 cm³/mol. The van der Waals surface area contributed by atoms with Gasteiger partial charge in [0.05, 0.1) is 16.6 Å². The van der Waals surface area contributed by atoms with E-state index >= 15 is 0 Å². The van der Waals surface area contributed by atoms with E-state index in [9.17, 15) is 13.2 Å². The van der Waals surface area contributed by atoms with Crippen molar-refractivity contribution >= 4 is 10.9 Å². The number of aromatic nitrogens is 1. The van der Waals surface area contributed by atoms with E-state index in [1.807, 2.05) is 6.07 Å². The maximum absolute atomic E-state index is 12.7. The molecule has 2 aromatic rings. The van der Waals surface area contributed by atoms with E-state index in [-0.39, 0.29) is 11.1 Å². The second kappa shape index (κ2) is 3.74. The monoisotopic (exact) mass is 236 g/mol. The number of para-hydroxylation sites is 1. The molecule has 5 heteroatoms. The lowest BCUT2D eigenvalue weighted by Crippen LogP contribution is -2.07. The zero-order valence-corrected chi connectivity index (χ0v) is 8.84. The van der Waals surface area contributed by atoms with Gasteiger partial charge in [0.2, 0.25) is 0 Å². The zero-order valence-electron chi connectivity index (χ0n) is 8.84. The second-order valence-electron chi connectivity index (χ2n) is 3.61. The van der Waals surface area contributed by atoms with Gasteiger partial charge in [0.15, 0.2) is 0 Å². The summed E-state index contributed by atoms with van der Waals surface area (Å²) in [5.74, 6) is 0. The third-order valence-electron chi connectivity index (χ3n) is 2.59. The van der Waals surface area contributed by atoms with E-state index < -0.39 is 11.7 Å². The van der Waals surface area contributed by atoms with Gasteiger partial charge < -0.3 is 0 Å².